The average molecular weight is 418 g/mol. The molecule has 2 saturated heterocycles. The number of esters is 1. The van der Waals surface area contributed by atoms with Crippen LogP contribution in [0.2, 0.25) is 0 Å². The molecule has 0 aromatic heterocycles. The molecule has 0 spiro atoms. The summed E-state index contributed by atoms with van der Waals surface area (Å²) in [7, 11) is 0. The molecular weight excluding hydrogens is 392 g/mol. The molecule has 2 fully saturated rings. The summed E-state index contributed by atoms with van der Waals surface area (Å²) in [6, 6.07) is 16.1. The fraction of sp³-hybridized carbons (Fsp3) is 0.360. The maximum Gasteiger partial charge on any atom is 0.329 e. The fourth-order valence-corrected chi connectivity index (χ4v) is 5.61. The zero-order valence-corrected chi connectivity index (χ0v) is 17.7. The fourth-order valence-electron chi connectivity index (χ4n) is 5.61. The maximum atomic E-state index is 13.8. The van der Waals surface area contributed by atoms with Crippen LogP contribution in [0, 0.1) is 5.41 Å². The molecule has 4 atom stereocenters. The van der Waals surface area contributed by atoms with E-state index in [0.717, 1.165) is 11.3 Å². The summed E-state index contributed by atoms with van der Waals surface area (Å²) in [4.78, 5) is 28.5. The standard InChI is InChI=1S/C25H26N2O4/c1-4-23(2,3)25-24(30,17-12-8-9-13-18(17)26-25)15-19-22(29)31-20(21(28)27(19)25)14-16-10-6-5-7-11-16/h4-13,19-20,26,30H,1,14-15H2,2-3H3. The molecule has 2 aromatic rings. The Bertz CT molecular complexity index is 1080. The van der Waals surface area contributed by atoms with E-state index in [9.17, 15) is 14.7 Å². The predicted octanol–water partition coefficient (Wildman–Crippen LogP) is 2.98. The third-order valence-electron chi connectivity index (χ3n) is 7.20. The molecule has 6 heteroatoms. The summed E-state index contributed by atoms with van der Waals surface area (Å²) in [5.74, 6) is -0.790. The largest absolute Gasteiger partial charge is 0.450 e. The van der Waals surface area contributed by atoms with E-state index in [1.165, 1.54) is 0 Å². The van der Waals surface area contributed by atoms with Gasteiger partial charge in [0, 0.05) is 29.5 Å². The first-order valence-electron chi connectivity index (χ1n) is 10.6. The Kier molecular flexibility index (Phi) is 4.12. The monoisotopic (exact) mass is 418 g/mol. The highest BCUT2D eigenvalue weighted by Gasteiger charge is 2.76. The first-order valence-corrected chi connectivity index (χ1v) is 10.6. The third-order valence-corrected chi connectivity index (χ3v) is 7.20. The number of nitrogens with one attached hydrogen (secondary N) is 1. The van der Waals surface area contributed by atoms with Crippen LogP contribution in [-0.2, 0) is 26.3 Å². The van der Waals surface area contributed by atoms with Gasteiger partial charge in [0.1, 0.15) is 11.6 Å². The van der Waals surface area contributed by atoms with Crippen molar-refractivity contribution in [1.29, 1.82) is 0 Å². The number of anilines is 1. The molecule has 2 aromatic carbocycles. The number of rotatable bonds is 4. The number of ether oxygens (including phenoxy) is 1. The molecule has 0 aliphatic carbocycles. The zero-order chi connectivity index (χ0) is 22.0. The van der Waals surface area contributed by atoms with E-state index in [4.69, 9.17) is 4.74 Å². The molecule has 2 N–H and O–H groups in total. The highest BCUT2D eigenvalue weighted by Crippen LogP contribution is 2.63. The Morgan fingerprint density at radius 1 is 1.19 bits per heavy atom. The molecule has 31 heavy (non-hydrogen) atoms. The van der Waals surface area contributed by atoms with Crippen molar-refractivity contribution in [1.82, 2.24) is 4.90 Å². The summed E-state index contributed by atoms with van der Waals surface area (Å²) in [5, 5.41) is 15.6. The molecule has 3 aliphatic heterocycles. The molecule has 3 heterocycles. The van der Waals surface area contributed by atoms with Crippen LogP contribution >= 0.6 is 0 Å². The molecule has 1 amide bonds. The SMILES string of the molecule is C=CC(C)(C)C12Nc3ccccc3C1(O)CC1C(=O)OC(Cc3ccccc3)C(=O)N12. The molecule has 4 unspecified atom stereocenters. The van der Waals surface area contributed by atoms with Gasteiger partial charge in [-0.25, -0.2) is 4.79 Å². The molecule has 0 radical (unpaired) electrons. The highest BCUT2D eigenvalue weighted by molar-refractivity contribution is 5.96. The van der Waals surface area contributed by atoms with Crippen LogP contribution in [0.25, 0.3) is 0 Å². The summed E-state index contributed by atoms with van der Waals surface area (Å²) < 4.78 is 5.61. The van der Waals surface area contributed by atoms with E-state index in [0.29, 0.717) is 5.56 Å². The van der Waals surface area contributed by atoms with Crippen LogP contribution in [-0.4, -0.2) is 39.7 Å². The second-order valence-electron chi connectivity index (χ2n) is 9.21. The van der Waals surface area contributed by atoms with Crippen molar-refractivity contribution in [3.63, 3.8) is 0 Å². The molecule has 0 bridgehead atoms. The van der Waals surface area contributed by atoms with Crippen LogP contribution < -0.4 is 5.32 Å². The summed E-state index contributed by atoms with van der Waals surface area (Å²) in [5.41, 5.74) is -1.16. The van der Waals surface area contributed by atoms with Gasteiger partial charge in [0.15, 0.2) is 11.8 Å². The highest BCUT2D eigenvalue weighted by atomic mass is 16.6. The number of nitrogens with zero attached hydrogens (tertiary/aromatic N) is 1. The molecule has 6 nitrogen and oxygen atoms in total. The second kappa shape index (κ2) is 6.44. The zero-order valence-electron chi connectivity index (χ0n) is 17.7. The van der Waals surface area contributed by atoms with Crippen molar-refractivity contribution < 1.29 is 19.4 Å². The lowest BCUT2D eigenvalue weighted by Gasteiger charge is -2.53. The van der Waals surface area contributed by atoms with Gasteiger partial charge in [-0.3, -0.25) is 9.69 Å². The number of cyclic esters (lactones) is 1. The van der Waals surface area contributed by atoms with Gasteiger partial charge in [0.05, 0.1) is 0 Å². The van der Waals surface area contributed by atoms with E-state index in [2.05, 4.69) is 11.9 Å². The lowest BCUT2D eigenvalue weighted by atomic mass is 9.68. The van der Waals surface area contributed by atoms with Crippen LogP contribution in [0.4, 0.5) is 5.69 Å². The Morgan fingerprint density at radius 3 is 2.58 bits per heavy atom. The molecule has 0 saturated carbocycles. The Balaban J connectivity index is 1.65. The second-order valence-corrected chi connectivity index (χ2v) is 9.21. The number of benzene rings is 2. The number of amides is 1. The van der Waals surface area contributed by atoms with Crippen molar-refractivity contribution >= 4 is 17.6 Å². The quantitative estimate of drug-likeness (QED) is 0.590. The Labute approximate surface area is 181 Å². The Hall–Kier alpha value is -3.12. The number of aliphatic hydroxyl groups is 1. The van der Waals surface area contributed by atoms with Gasteiger partial charge in [-0.15, -0.1) is 6.58 Å². The van der Waals surface area contributed by atoms with Crippen molar-refractivity contribution in [3.8, 4) is 0 Å². The van der Waals surface area contributed by atoms with Gasteiger partial charge in [-0.2, -0.15) is 0 Å². The van der Waals surface area contributed by atoms with Crippen LogP contribution in [0.1, 0.15) is 31.4 Å². The van der Waals surface area contributed by atoms with Gasteiger partial charge in [-0.1, -0.05) is 68.5 Å². The number of fused-ring (bicyclic) bond motifs is 5. The van der Waals surface area contributed by atoms with Gasteiger partial charge >= 0.3 is 5.97 Å². The Morgan fingerprint density at radius 2 is 1.87 bits per heavy atom. The first kappa shape index (κ1) is 19.8. The summed E-state index contributed by atoms with van der Waals surface area (Å²) >= 11 is 0. The number of hydrogen-bond acceptors (Lipinski definition) is 5. The summed E-state index contributed by atoms with van der Waals surface area (Å²) in [6.07, 6.45) is 1.14. The minimum absolute atomic E-state index is 0.0664. The molecule has 3 aliphatic rings. The number of morpholine rings is 1. The minimum Gasteiger partial charge on any atom is -0.450 e. The number of carbonyl (C=O) groups is 2. The van der Waals surface area contributed by atoms with E-state index >= 15 is 0 Å². The van der Waals surface area contributed by atoms with E-state index in [-0.39, 0.29) is 18.7 Å². The molecule has 160 valence electrons. The van der Waals surface area contributed by atoms with Crippen molar-refractivity contribution in [2.75, 3.05) is 5.32 Å². The topological polar surface area (TPSA) is 78.9 Å². The molecular formula is C25H26N2O4. The van der Waals surface area contributed by atoms with Crippen LogP contribution in [0.15, 0.2) is 67.3 Å². The summed E-state index contributed by atoms with van der Waals surface area (Å²) in [6.45, 7) is 7.83. The van der Waals surface area contributed by atoms with Gasteiger partial charge in [0.25, 0.3) is 5.91 Å². The number of hydrogen-bond donors (Lipinski definition) is 2. The minimum atomic E-state index is -1.47. The normalized spacial score (nSPS) is 31.4. The maximum absolute atomic E-state index is 13.8. The van der Waals surface area contributed by atoms with E-state index in [1.54, 1.807) is 11.0 Å². The first-order chi connectivity index (χ1) is 14.7. The van der Waals surface area contributed by atoms with Crippen LogP contribution in [0.5, 0.6) is 0 Å². The molecule has 5 rings (SSSR count). The van der Waals surface area contributed by atoms with Gasteiger partial charge in [-0.05, 0) is 11.6 Å². The van der Waals surface area contributed by atoms with Crippen LogP contribution in [0.3, 0.4) is 0 Å². The smallest absolute Gasteiger partial charge is 0.329 e. The average Bonchev–Trinajstić information content (AvgIpc) is 3.18. The number of para-hydroxylation sites is 1. The third kappa shape index (κ3) is 2.42. The number of carbonyl (C=O) groups excluding carboxylic acids is 2. The van der Waals surface area contributed by atoms with E-state index in [1.807, 2.05) is 68.4 Å². The lowest BCUT2D eigenvalue weighted by Crippen LogP contribution is -2.71. The van der Waals surface area contributed by atoms with Gasteiger partial charge < -0.3 is 15.2 Å². The van der Waals surface area contributed by atoms with Crippen molar-refractivity contribution in [3.05, 3.63) is 78.4 Å². The van der Waals surface area contributed by atoms with E-state index < -0.39 is 34.8 Å². The predicted molar refractivity (Wildman–Crippen MR) is 116 cm³/mol. The van der Waals surface area contributed by atoms with Gasteiger partial charge in [0.2, 0.25) is 0 Å². The van der Waals surface area contributed by atoms with Crippen molar-refractivity contribution in [2.45, 2.75) is 50.1 Å². The van der Waals surface area contributed by atoms with Crippen molar-refractivity contribution in [2.24, 2.45) is 5.41 Å². The lowest BCUT2D eigenvalue weighted by molar-refractivity contribution is -0.185.